The summed E-state index contributed by atoms with van der Waals surface area (Å²) < 4.78 is 0. The Balaban J connectivity index is 0.00000200. The van der Waals surface area contributed by atoms with Crippen LogP contribution in [0, 0.1) is 12.8 Å². The number of nitrogens with one attached hydrogen (secondary N) is 1. The summed E-state index contributed by atoms with van der Waals surface area (Å²) in [5.74, 6) is 0.689. The van der Waals surface area contributed by atoms with Crippen molar-refractivity contribution >= 4 is 42.1 Å². The van der Waals surface area contributed by atoms with Crippen LogP contribution in [0.1, 0.15) is 43.3 Å². The van der Waals surface area contributed by atoms with E-state index in [9.17, 15) is 4.79 Å². The normalized spacial score (nSPS) is 16.3. The minimum Gasteiger partial charge on any atom is -0.349 e. The molecular weight excluding hydrogens is 329 g/mol. The number of amides is 1. The molecule has 1 aromatic rings. The van der Waals surface area contributed by atoms with Crippen LogP contribution in [0.3, 0.4) is 0 Å². The zero-order chi connectivity index (χ0) is 13.9. The maximum atomic E-state index is 12.0. The summed E-state index contributed by atoms with van der Waals surface area (Å²) in [6.45, 7) is 4.59. The largest absolute Gasteiger partial charge is 0.349 e. The van der Waals surface area contributed by atoms with E-state index in [2.05, 4.69) is 22.6 Å². The Morgan fingerprint density at radius 1 is 1.52 bits per heavy atom. The molecule has 1 aromatic heterocycles. The fourth-order valence-corrected chi connectivity index (χ4v) is 3.02. The third-order valence-electron chi connectivity index (χ3n) is 3.83. The van der Waals surface area contributed by atoms with Crippen molar-refractivity contribution in [3.8, 4) is 0 Å². The zero-order valence-corrected chi connectivity index (χ0v) is 15.0. The van der Waals surface area contributed by atoms with E-state index in [4.69, 9.17) is 5.73 Å². The Kier molecular flexibility index (Phi) is 8.78. The molecule has 0 saturated heterocycles. The fraction of sp³-hybridized carbons (Fsp3) is 0.714. The smallest absolute Gasteiger partial charge is 0.220 e. The van der Waals surface area contributed by atoms with Gasteiger partial charge in [0.05, 0.1) is 16.2 Å². The summed E-state index contributed by atoms with van der Waals surface area (Å²) in [5.41, 5.74) is 6.69. The average Bonchev–Trinajstić information content (AvgIpc) is 3.14. The van der Waals surface area contributed by atoms with Gasteiger partial charge in [-0.3, -0.25) is 4.79 Å². The summed E-state index contributed by atoms with van der Waals surface area (Å²) in [6.07, 6.45) is 4.65. The first kappa shape index (κ1) is 20.6. The van der Waals surface area contributed by atoms with Gasteiger partial charge < -0.3 is 11.1 Å². The number of nitrogens with two attached hydrogens (primary N) is 1. The first-order valence-corrected chi connectivity index (χ1v) is 7.83. The molecule has 21 heavy (non-hydrogen) atoms. The minimum atomic E-state index is -0.200. The summed E-state index contributed by atoms with van der Waals surface area (Å²) in [7, 11) is 0. The minimum absolute atomic E-state index is 0. The molecule has 0 bridgehead atoms. The molecule has 1 aliphatic carbocycles. The van der Waals surface area contributed by atoms with Gasteiger partial charge in [0, 0.05) is 18.3 Å². The monoisotopic (exact) mass is 353 g/mol. The lowest BCUT2D eigenvalue weighted by Gasteiger charge is -2.29. The van der Waals surface area contributed by atoms with Crippen LogP contribution in [-0.4, -0.2) is 23.0 Å². The van der Waals surface area contributed by atoms with Crippen molar-refractivity contribution in [2.75, 3.05) is 6.54 Å². The van der Waals surface area contributed by atoms with E-state index < -0.39 is 0 Å². The van der Waals surface area contributed by atoms with E-state index in [0.29, 0.717) is 18.9 Å². The molecule has 0 aromatic carbocycles. The van der Waals surface area contributed by atoms with Crippen molar-refractivity contribution in [3.63, 3.8) is 0 Å². The molecule has 122 valence electrons. The second-order valence-electron chi connectivity index (χ2n) is 5.66. The topological polar surface area (TPSA) is 68.0 Å². The summed E-state index contributed by atoms with van der Waals surface area (Å²) >= 11 is 1.66. The van der Waals surface area contributed by atoms with Crippen LogP contribution < -0.4 is 11.1 Å². The Bertz CT molecular complexity index is 451. The molecule has 1 saturated carbocycles. The van der Waals surface area contributed by atoms with Crippen molar-refractivity contribution in [1.82, 2.24) is 10.3 Å². The molecular formula is C14H25Cl2N3OS. The van der Waals surface area contributed by atoms with Gasteiger partial charge in [-0.2, -0.15) is 0 Å². The molecule has 1 amide bonds. The highest BCUT2D eigenvalue weighted by atomic mass is 35.5. The first-order chi connectivity index (χ1) is 9.03. The highest BCUT2D eigenvalue weighted by molar-refractivity contribution is 7.09. The number of thiazole rings is 1. The van der Waals surface area contributed by atoms with Gasteiger partial charge in [-0.25, -0.2) is 4.98 Å². The van der Waals surface area contributed by atoms with E-state index in [1.54, 1.807) is 11.3 Å². The van der Waals surface area contributed by atoms with E-state index in [0.717, 1.165) is 23.5 Å². The van der Waals surface area contributed by atoms with Crippen molar-refractivity contribution in [1.29, 1.82) is 0 Å². The first-order valence-electron chi connectivity index (χ1n) is 6.95. The van der Waals surface area contributed by atoms with Gasteiger partial charge in [-0.05, 0) is 45.4 Å². The van der Waals surface area contributed by atoms with Crippen LogP contribution in [0.15, 0.2) is 5.38 Å². The third-order valence-corrected chi connectivity index (χ3v) is 4.65. The summed E-state index contributed by atoms with van der Waals surface area (Å²) in [5, 5.41) is 6.27. The highest BCUT2D eigenvalue weighted by Crippen LogP contribution is 2.38. The zero-order valence-electron chi connectivity index (χ0n) is 12.6. The molecule has 1 fully saturated rings. The van der Waals surface area contributed by atoms with Gasteiger partial charge in [0.15, 0.2) is 0 Å². The number of hydrogen-bond donors (Lipinski definition) is 2. The maximum Gasteiger partial charge on any atom is 0.220 e. The van der Waals surface area contributed by atoms with Gasteiger partial charge in [0.1, 0.15) is 0 Å². The van der Waals surface area contributed by atoms with E-state index in [1.807, 2.05) is 6.92 Å². The van der Waals surface area contributed by atoms with Crippen molar-refractivity contribution in [2.24, 2.45) is 11.7 Å². The molecule has 0 radical (unpaired) electrons. The van der Waals surface area contributed by atoms with Crippen LogP contribution >= 0.6 is 36.2 Å². The predicted molar refractivity (Wildman–Crippen MR) is 92.6 cm³/mol. The van der Waals surface area contributed by atoms with E-state index >= 15 is 0 Å². The third kappa shape index (κ3) is 6.10. The second kappa shape index (κ2) is 8.93. The number of aryl methyl sites for hydroxylation is 2. The quantitative estimate of drug-likeness (QED) is 0.791. The number of aromatic nitrogens is 1. The van der Waals surface area contributed by atoms with Crippen LogP contribution in [0.4, 0.5) is 0 Å². The molecule has 2 rings (SSSR count). The Morgan fingerprint density at radius 2 is 2.19 bits per heavy atom. The highest BCUT2D eigenvalue weighted by Gasteiger charge is 2.41. The molecule has 1 unspecified atom stereocenters. The lowest BCUT2D eigenvalue weighted by molar-refractivity contribution is -0.123. The van der Waals surface area contributed by atoms with Crippen LogP contribution in [0.5, 0.6) is 0 Å². The lowest BCUT2D eigenvalue weighted by Crippen LogP contribution is -2.53. The fourth-order valence-electron chi connectivity index (χ4n) is 2.37. The Hall–Kier alpha value is -0.360. The maximum absolute atomic E-state index is 12.0. The SMILES string of the molecule is Cc1nc(CCCC(=O)NC(C)(CN)C2CC2)cs1.Cl.Cl. The Morgan fingerprint density at radius 3 is 2.67 bits per heavy atom. The summed E-state index contributed by atoms with van der Waals surface area (Å²) in [4.78, 5) is 16.4. The Labute approximate surface area is 143 Å². The molecule has 1 atom stereocenters. The molecule has 1 heterocycles. The van der Waals surface area contributed by atoms with Gasteiger partial charge in [0.2, 0.25) is 5.91 Å². The van der Waals surface area contributed by atoms with E-state index in [1.165, 1.54) is 12.8 Å². The number of carbonyl (C=O) groups excluding carboxylic acids is 1. The van der Waals surface area contributed by atoms with Gasteiger partial charge in [0.25, 0.3) is 0 Å². The van der Waals surface area contributed by atoms with Gasteiger partial charge in [-0.15, -0.1) is 36.2 Å². The molecule has 1 aliphatic rings. The molecule has 3 N–H and O–H groups in total. The molecule has 0 spiro atoms. The lowest BCUT2D eigenvalue weighted by atomic mass is 9.95. The second-order valence-corrected chi connectivity index (χ2v) is 6.72. The number of carbonyl (C=O) groups is 1. The van der Waals surface area contributed by atoms with Crippen LogP contribution in [0.2, 0.25) is 0 Å². The number of rotatable bonds is 7. The van der Waals surface area contributed by atoms with Crippen molar-refractivity contribution < 1.29 is 4.79 Å². The van der Waals surface area contributed by atoms with Crippen molar-refractivity contribution in [3.05, 3.63) is 16.1 Å². The average molecular weight is 354 g/mol. The number of hydrogen-bond acceptors (Lipinski definition) is 4. The van der Waals surface area contributed by atoms with E-state index in [-0.39, 0.29) is 36.3 Å². The number of halogens is 2. The van der Waals surface area contributed by atoms with Gasteiger partial charge in [-0.1, -0.05) is 0 Å². The van der Waals surface area contributed by atoms with Gasteiger partial charge >= 0.3 is 0 Å². The predicted octanol–water partition coefficient (Wildman–Crippen LogP) is 2.86. The molecule has 4 nitrogen and oxygen atoms in total. The molecule has 0 aliphatic heterocycles. The number of nitrogens with zero attached hydrogens (tertiary/aromatic N) is 1. The summed E-state index contributed by atoms with van der Waals surface area (Å²) in [6, 6.07) is 0. The molecule has 7 heteroatoms. The van der Waals surface area contributed by atoms with Crippen molar-refractivity contribution in [2.45, 2.75) is 51.5 Å². The van der Waals surface area contributed by atoms with Crippen LogP contribution in [0.25, 0.3) is 0 Å². The van der Waals surface area contributed by atoms with Crippen LogP contribution in [-0.2, 0) is 11.2 Å². The standard InChI is InChI=1S/C14H23N3OS.2ClH/c1-10-16-12(8-19-10)4-3-5-13(18)17-14(2,9-15)11-6-7-11;;/h8,11H,3-7,9,15H2,1-2H3,(H,17,18);2*1H.